The molecule has 1 aliphatic heterocycles. The van der Waals surface area contributed by atoms with E-state index in [2.05, 4.69) is 16.0 Å². The van der Waals surface area contributed by atoms with Crippen LogP contribution in [0.2, 0.25) is 0 Å². The van der Waals surface area contributed by atoms with Gasteiger partial charge in [-0.05, 0) is 92.0 Å². The summed E-state index contributed by atoms with van der Waals surface area (Å²) in [5.74, 6) is -4.33. The number of amides is 6. The number of carbonyl (C=O) groups is 6. The first-order chi connectivity index (χ1) is 28.3. The maximum atomic E-state index is 14.4. The minimum absolute atomic E-state index is 0.0322. The number of hydrogen-bond donors (Lipinski definition) is 3. The van der Waals surface area contributed by atoms with Crippen molar-refractivity contribution in [2.45, 2.75) is 77.9 Å². The van der Waals surface area contributed by atoms with Crippen molar-refractivity contribution in [3.8, 4) is 0 Å². The highest BCUT2D eigenvalue weighted by Gasteiger charge is 2.27. The molecule has 310 valence electrons. The number of ether oxygens (including phenoxy) is 1. The molecule has 3 N–H and O–H groups in total. The maximum absolute atomic E-state index is 14.4. The number of nitrogens with one attached hydrogen (secondary N) is 3. The molecule has 0 fully saturated rings. The number of rotatable bonds is 16. The molecule has 16 heteroatoms. The lowest BCUT2D eigenvalue weighted by atomic mass is 9.96. The van der Waals surface area contributed by atoms with Gasteiger partial charge in [0, 0.05) is 55.0 Å². The summed E-state index contributed by atoms with van der Waals surface area (Å²) in [6.07, 6.45) is 7.42. The Morgan fingerprint density at radius 3 is 2.32 bits per heavy atom. The van der Waals surface area contributed by atoms with Gasteiger partial charge in [-0.1, -0.05) is 32.4 Å². The van der Waals surface area contributed by atoms with E-state index in [-0.39, 0.29) is 61.3 Å². The number of pyridine rings is 1. The van der Waals surface area contributed by atoms with E-state index in [0.29, 0.717) is 36.2 Å². The summed E-state index contributed by atoms with van der Waals surface area (Å²) in [6.45, 7) is 3.27. The molecule has 59 heavy (non-hydrogen) atoms. The van der Waals surface area contributed by atoms with E-state index in [0.717, 1.165) is 53.0 Å². The molecule has 1 aliphatic carbocycles. The van der Waals surface area contributed by atoms with Crippen LogP contribution in [-0.2, 0) is 55.2 Å². The largest absolute Gasteiger partial charge is 0.444 e. The third-order valence-electron chi connectivity index (χ3n) is 10.4. The van der Waals surface area contributed by atoms with Crippen LogP contribution in [-0.4, -0.2) is 69.2 Å². The Bertz CT molecular complexity index is 2270. The van der Waals surface area contributed by atoms with E-state index in [9.17, 15) is 37.5 Å². The fourth-order valence-corrected chi connectivity index (χ4v) is 7.23. The minimum atomic E-state index is -1.13. The Balaban J connectivity index is 0.990. The lowest BCUT2D eigenvalue weighted by Crippen LogP contribution is -2.51. The Morgan fingerprint density at radius 2 is 1.61 bits per heavy atom. The van der Waals surface area contributed by atoms with Gasteiger partial charge in [-0.3, -0.25) is 28.9 Å². The second-order valence-electron chi connectivity index (χ2n) is 14.9. The van der Waals surface area contributed by atoms with Gasteiger partial charge in [0.05, 0.1) is 12.2 Å². The molecule has 3 heterocycles. The molecule has 0 radical (unpaired) electrons. The van der Waals surface area contributed by atoms with E-state index < -0.39 is 35.6 Å². The van der Waals surface area contributed by atoms with Gasteiger partial charge in [0.25, 0.3) is 11.8 Å². The van der Waals surface area contributed by atoms with Crippen LogP contribution in [0.25, 0.3) is 11.0 Å². The van der Waals surface area contributed by atoms with Crippen LogP contribution in [0.15, 0.2) is 66.7 Å². The molecule has 4 aromatic rings. The number of halogens is 2. The molecular formula is C43H47F2N7O7. The molecule has 14 nitrogen and oxygen atoms in total. The summed E-state index contributed by atoms with van der Waals surface area (Å²) < 4.78 is 36.0. The van der Waals surface area contributed by atoms with Gasteiger partial charge in [-0.2, -0.15) is 0 Å². The topological polar surface area (TPSA) is 172 Å². The lowest BCUT2D eigenvalue weighted by Gasteiger charge is -2.22. The van der Waals surface area contributed by atoms with E-state index in [4.69, 9.17) is 9.72 Å². The zero-order valence-electron chi connectivity index (χ0n) is 33.2. The number of hydrogen-bond acceptors (Lipinski definition) is 8. The molecular weight excluding hydrogens is 765 g/mol. The van der Waals surface area contributed by atoms with Crippen molar-refractivity contribution >= 4 is 63.9 Å². The van der Waals surface area contributed by atoms with E-state index >= 15 is 0 Å². The number of anilines is 3. The quantitative estimate of drug-likeness (QED) is 0.0930. The highest BCUT2D eigenvalue weighted by Crippen LogP contribution is 2.34. The standard InChI is InChI=1S/C43H47F2N7O7/c1-26(2)40(49-36(53)11-5-4-8-22-51-38(55)20-21-39(51)56)42(57)46-24-37(54)47-28-14-12-27(13-15-28)25-59-43(58)52(29-16-18-32(44)33(45)23-29)35-19-17-31-30-9-6-7-10-34(30)50(3)41(31)48-35/h12-21,23,26,40H,4-11,22,24-25H2,1-3H3,(H,46,57)(H,47,54)(H,49,53)/t40-/m0/s1. The fraction of sp³-hybridized carbons (Fsp3) is 0.372. The second kappa shape index (κ2) is 18.9. The number of nitrogens with zero attached hydrogens (tertiary/aromatic N) is 4. The third-order valence-corrected chi connectivity index (χ3v) is 10.4. The monoisotopic (exact) mass is 811 g/mol. The number of fused-ring (bicyclic) bond motifs is 3. The highest BCUT2D eigenvalue weighted by atomic mass is 19.2. The van der Waals surface area contributed by atoms with Gasteiger partial charge in [0.15, 0.2) is 11.6 Å². The zero-order valence-corrected chi connectivity index (χ0v) is 33.2. The maximum Gasteiger partial charge on any atom is 0.420 e. The summed E-state index contributed by atoms with van der Waals surface area (Å²) in [5.41, 5.74) is 4.10. The van der Waals surface area contributed by atoms with E-state index in [1.165, 1.54) is 29.5 Å². The van der Waals surface area contributed by atoms with Crippen LogP contribution in [0, 0.1) is 17.6 Å². The average Bonchev–Trinajstić information content (AvgIpc) is 3.70. The first-order valence-corrected chi connectivity index (χ1v) is 19.7. The molecule has 6 amide bonds. The van der Waals surface area contributed by atoms with Crippen molar-refractivity contribution < 1.29 is 42.3 Å². The van der Waals surface area contributed by atoms with Crippen LogP contribution >= 0.6 is 0 Å². The molecule has 1 atom stereocenters. The number of benzene rings is 2. The number of carbonyl (C=O) groups excluding carboxylic acids is 6. The molecule has 0 unspecified atom stereocenters. The number of imide groups is 1. The predicted octanol–water partition coefficient (Wildman–Crippen LogP) is 5.89. The van der Waals surface area contributed by atoms with Crippen LogP contribution in [0.4, 0.5) is 30.8 Å². The Labute approximate surface area is 340 Å². The van der Waals surface area contributed by atoms with Crippen molar-refractivity contribution in [2.75, 3.05) is 23.3 Å². The Hall–Kier alpha value is -6.45. The fourth-order valence-electron chi connectivity index (χ4n) is 7.23. The summed E-state index contributed by atoms with van der Waals surface area (Å²) in [7, 11) is 1.93. The summed E-state index contributed by atoms with van der Waals surface area (Å²) in [5, 5.41) is 8.96. The molecule has 2 aromatic carbocycles. The van der Waals surface area contributed by atoms with Crippen molar-refractivity contribution in [1.82, 2.24) is 25.1 Å². The van der Waals surface area contributed by atoms with Gasteiger partial charge in [-0.15, -0.1) is 0 Å². The van der Waals surface area contributed by atoms with Crippen LogP contribution in [0.3, 0.4) is 0 Å². The number of aromatic nitrogens is 2. The lowest BCUT2D eigenvalue weighted by molar-refractivity contribution is -0.137. The summed E-state index contributed by atoms with van der Waals surface area (Å²) in [6, 6.07) is 12.3. The molecule has 2 aliphatic rings. The Kier molecular flexibility index (Phi) is 13.5. The van der Waals surface area contributed by atoms with Crippen LogP contribution in [0.5, 0.6) is 0 Å². The molecule has 0 saturated heterocycles. The first-order valence-electron chi connectivity index (χ1n) is 19.7. The zero-order chi connectivity index (χ0) is 42.2. The van der Waals surface area contributed by atoms with E-state index in [1.807, 2.05) is 17.7 Å². The number of unbranched alkanes of at least 4 members (excludes halogenated alkanes) is 2. The first kappa shape index (κ1) is 42.2. The van der Waals surface area contributed by atoms with Gasteiger partial charge in [0.1, 0.15) is 24.1 Å². The normalized spacial score (nSPS) is 14.0. The Morgan fingerprint density at radius 1 is 0.881 bits per heavy atom. The van der Waals surface area contributed by atoms with Crippen molar-refractivity contribution in [1.29, 1.82) is 0 Å². The summed E-state index contributed by atoms with van der Waals surface area (Å²) in [4.78, 5) is 82.2. The third kappa shape index (κ3) is 10.2. The van der Waals surface area contributed by atoms with Gasteiger partial charge < -0.3 is 25.3 Å². The average molecular weight is 812 g/mol. The SMILES string of the molecule is CC(C)[C@H](NC(=O)CCCCCN1C(=O)C=CC1=O)C(=O)NCC(=O)Nc1ccc(COC(=O)N(c2ccc(F)c(F)c2)c2ccc3c4c(n(C)c3n2)CCCC4)cc1. The molecule has 0 spiro atoms. The smallest absolute Gasteiger partial charge is 0.420 e. The predicted molar refractivity (Wildman–Crippen MR) is 215 cm³/mol. The molecule has 2 aromatic heterocycles. The second-order valence-corrected chi connectivity index (χ2v) is 14.9. The number of aryl methyl sites for hydroxylation is 2. The van der Waals surface area contributed by atoms with E-state index in [1.54, 1.807) is 44.2 Å². The minimum Gasteiger partial charge on any atom is -0.444 e. The molecule has 0 saturated carbocycles. The van der Waals surface area contributed by atoms with Crippen LogP contribution < -0.4 is 20.9 Å². The van der Waals surface area contributed by atoms with Crippen molar-refractivity contribution in [3.63, 3.8) is 0 Å². The molecule has 6 rings (SSSR count). The summed E-state index contributed by atoms with van der Waals surface area (Å²) >= 11 is 0. The van der Waals surface area contributed by atoms with Gasteiger partial charge in [0.2, 0.25) is 17.7 Å². The van der Waals surface area contributed by atoms with Gasteiger partial charge in [-0.25, -0.2) is 23.5 Å². The molecule has 0 bridgehead atoms. The van der Waals surface area contributed by atoms with Crippen LogP contribution in [0.1, 0.15) is 69.2 Å². The highest BCUT2D eigenvalue weighted by molar-refractivity contribution is 6.12. The van der Waals surface area contributed by atoms with Crippen molar-refractivity contribution in [3.05, 3.63) is 95.2 Å². The van der Waals surface area contributed by atoms with Crippen molar-refractivity contribution in [2.24, 2.45) is 13.0 Å². The van der Waals surface area contributed by atoms with Gasteiger partial charge >= 0.3 is 6.09 Å².